The molecule has 0 atom stereocenters. The van der Waals surface area contributed by atoms with Crippen LogP contribution < -0.4 is 29.4 Å². The predicted octanol–water partition coefficient (Wildman–Crippen LogP) is 6.19. The number of nitrogens with zero attached hydrogens (tertiary/aromatic N) is 7. The van der Waals surface area contributed by atoms with E-state index in [0.29, 0.717) is 6.07 Å². The summed E-state index contributed by atoms with van der Waals surface area (Å²) in [7, 11) is -1.20. The second kappa shape index (κ2) is 18.9. The van der Waals surface area contributed by atoms with E-state index in [4.69, 9.17) is 104 Å². The van der Waals surface area contributed by atoms with E-state index in [0.717, 1.165) is 17.8 Å². The van der Waals surface area contributed by atoms with Gasteiger partial charge in [0.15, 0.2) is 27.5 Å². The molecule has 29 heteroatoms. The van der Waals surface area contributed by atoms with Crippen LogP contribution in [-0.2, 0) is 21.0 Å². The fourth-order valence-electron chi connectivity index (χ4n) is 3.68. The van der Waals surface area contributed by atoms with Crippen molar-refractivity contribution in [1.82, 2.24) is 34.5 Å². The number of anilines is 2. The largest absolute Gasteiger partial charge is 0.481 e. The number of pyridine rings is 3. The third-order valence-electron chi connectivity index (χ3n) is 6.00. The van der Waals surface area contributed by atoms with E-state index < -0.39 is 62.7 Å². The van der Waals surface area contributed by atoms with E-state index in [1.165, 1.54) is 26.4 Å². The van der Waals surface area contributed by atoms with Gasteiger partial charge in [0.2, 0.25) is 23.5 Å². The van der Waals surface area contributed by atoms with Gasteiger partial charge in [0, 0.05) is 6.20 Å². The Morgan fingerprint density at radius 2 is 1.55 bits per heavy atom. The fourth-order valence-corrected chi connectivity index (χ4v) is 6.08. The van der Waals surface area contributed by atoms with Gasteiger partial charge < -0.3 is 34.9 Å². The van der Waals surface area contributed by atoms with Gasteiger partial charge in [-0.2, -0.15) is 32.6 Å². The highest BCUT2D eigenvalue weighted by Gasteiger charge is 2.40. The second-order valence-electron chi connectivity index (χ2n) is 9.62. The maximum Gasteiger partial charge on any atom is 0.418 e. The van der Waals surface area contributed by atoms with Gasteiger partial charge in [0.25, 0.3) is 21.7 Å². The molecule has 0 radical (unpaired) electrons. The van der Waals surface area contributed by atoms with Crippen molar-refractivity contribution in [3.8, 4) is 23.5 Å². The Morgan fingerprint density at radius 3 is 2.11 bits per heavy atom. The summed E-state index contributed by atoms with van der Waals surface area (Å²) >= 11 is 33.4. The molecule has 5 rings (SSSR count). The number of carbonyl (C=O) groups is 2. The number of aromatic carboxylic acids is 1. The summed E-state index contributed by atoms with van der Waals surface area (Å²) in [4.78, 5) is 37.9. The van der Waals surface area contributed by atoms with E-state index in [2.05, 4.69) is 30.0 Å². The summed E-state index contributed by atoms with van der Waals surface area (Å²) in [6.07, 6.45) is -4.20. The minimum Gasteiger partial charge on any atom is -0.481 e. The molecular weight excluding hydrogens is 912 g/mol. The molecule has 5 aromatic heterocycles. The van der Waals surface area contributed by atoms with Crippen molar-refractivity contribution in [3.63, 3.8) is 0 Å². The minimum absolute atomic E-state index is 0.0106. The first kappa shape index (κ1) is 45.6. The van der Waals surface area contributed by atoms with Gasteiger partial charge in [-0.15, -0.1) is 5.10 Å². The van der Waals surface area contributed by atoms with Gasteiger partial charge in [-0.1, -0.05) is 69.6 Å². The summed E-state index contributed by atoms with van der Waals surface area (Å²) in [5.74, 6) is -3.71. The molecule has 0 saturated carbocycles. The van der Waals surface area contributed by atoms with E-state index >= 15 is 0 Å². The van der Waals surface area contributed by atoms with Crippen molar-refractivity contribution in [3.05, 3.63) is 66.1 Å². The third kappa shape index (κ3) is 11.2. The number of fused-ring (bicyclic) bond motifs is 1. The first-order chi connectivity index (χ1) is 26.1. The topological polar surface area (TPSA) is 265 Å². The average Bonchev–Trinajstić information content (AvgIpc) is 3.53. The number of ether oxygens (including phenoxy) is 4. The van der Waals surface area contributed by atoms with Crippen LogP contribution in [0.15, 0.2) is 29.3 Å². The SMILES string of the molecule is COc1cc(OC)n2nc(NS(=O)(=O)c3c(C(F)(F)F)ccnc3OC)nc2n1.Nc1c(Cl)c(Cl)nc(C(=O)O)c1Cl.O=C(O)COc1nc(Cl)c(Cl)cc1Cl. The summed E-state index contributed by atoms with van der Waals surface area (Å²) in [6.45, 7) is -0.537. The molecular formula is C27H20Cl6F3N9O10S. The van der Waals surface area contributed by atoms with E-state index in [1.54, 1.807) is 0 Å². The Hall–Kier alpha value is -4.78. The van der Waals surface area contributed by atoms with Crippen LogP contribution in [0.25, 0.3) is 5.78 Å². The molecule has 0 aliphatic rings. The lowest BCUT2D eigenvalue weighted by Crippen LogP contribution is -2.21. The average molecular weight is 932 g/mol. The zero-order chi connectivity index (χ0) is 42.3. The molecule has 5 N–H and O–H groups in total. The van der Waals surface area contributed by atoms with Gasteiger partial charge in [-0.05, 0) is 12.1 Å². The van der Waals surface area contributed by atoms with Crippen molar-refractivity contribution < 1.29 is 60.3 Å². The molecule has 19 nitrogen and oxygen atoms in total. The van der Waals surface area contributed by atoms with Crippen LogP contribution in [-0.4, -0.2) is 93.0 Å². The van der Waals surface area contributed by atoms with Crippen molar-refractivity contribution in [1.29, 1.82) is 0 Å². The van der Waals surface area contributed by atoms with Crippen molar-refractivity contribution in [2.24, 2.45) is 0 Å². The number of sulfonamides is 1. The van der Waals surface area contributed by atoms with Crippen molar-refractivity contribution >= 4 is 109 Å². The minimum atomic E-state index is -4.98. The number of carboxylic acid groups (broad SMARTS) is 2. The van der Waals surface area contributed by atoms with Gasteiger partial charge in [0.05, 0.1) is 48.7 Å². The summed E-state index contributed by atoms with van der Waals surface area (Å²) in [6, 6.07) is 3.20. The molecule has 0 amide bonds. The lowest BCUT2D eigenvalue weighted by atomic mass is 10.2. The summed E-state index contributed by atoms with van der Waals surface area (Å²) in [5.41, 5.74) is 3.42. The molecule has 56 heavy (non-hydrogen) atoms. The number of carboxylic acids is 2. The highest BCUT2D eigenvalue weighted by Crippen LogP contribution is 2.38. The van der Waals surface area contributed by atoms with Crippen LogP contribution in [0.1, 0.15) is 16.1 Å². The maximum atomic E-state index is 13.3. The molecule has 5 aromatic rings. The number of methoxy groups -OCH3 is 3. The van der Waals surface area contributed by atoms with Crippen LogP contribution >= 0.6 is 69.6 Å². The number of nitrogen functional groups attached to an aromatic ring is 1. The van der Waals surface area contributed by atoms with E-state index in [1.807, 2.05) is 4.72 Å². The Balaban J connectivity index is 0.000000259. The number of aromatic nitrogens is 7. The summed E-state index contributed by atoms with van der Waals surface area (Å²) in [5, 5.41) is 20.7. The Kier molecular flexibility index (Phi) is 15.4. The molecule has 0 fully saturated rings. The Bertz CT molecular complexity index is 2400. The number of aliphatic carboxylic acids is 1. The molecule has 0 bridgehead atoms. The Morgan fingerprint density at radius 1 is 0.893 bits per heavy atom. The van der Waals surface area contributed by atoms with E-state index in [-0.39, 0.29) is 59.5 Å². The predicted molar refractivity (Wildman–Crippen MR) is 194 cm³/mol. The first-order valence-corrected chi connectivity index (χ1v) is 17.7. The molecule has 302 valence electrons. The molecule has 0 unspecified atom stereocenters. The number of halogens is 9. The van der Waals surface area contributed by atoms with Crippen LogP contribution in [0.5, 0.6) is 23.5 Å². The van der Waals surface area contributed by atoms with Gasteiger partial charge >= 0.3 is 18.1 Å². The van der Waals surface area contributed by atoms with Crippen LogP contribution in [0.3, 0.4) is 0 Å². The van der Waals surface area contributed by atoms with Gasteiger partial charge in [-0.3, -0.25) is 0 Å². The van der Waals surface area contributed by atoms with Crippen molar-refractivity contribution in [2.75, 3.05) is 38.4 Å². The fraction of sp³-hybridized carbons (Fsp3) is 0.185. The van der Waals surface area contributed by atoms with Crippen molar-refractivity contribution in [2.45, 2.75) is 11.1 Å². The lowest BCUT2D eigenvalue weighted by Gasteiger charge is -2.15. The molecule has 0 aliphatic heterocycles. The molecule has 0 aliphatic carbocycles. The highest BCUT2D eigenvalue weighted by atomic mass is 35.5. The first-order valence-electron chi connectivity index (χ1n) is 13.9. The van der Waals surface area contributed by atoms with Crippen LogP contribution in [0.2, 0.25) is 30.4 Å². The molecule has 5 heterocycles. The standard InChI is InChI=1S/C14H13F3N6O5S.C7H4Cl3NO3.C6H3Cl3N2O2/c1-26-8-6-9(27-2)23-13(19-8)20-12(21-23)22-29(24,25)10-7(14(15,16)17)4-5-18-11(10)28-3;8-3-1-4(9)7(11-6(3)10)14-2-5(12)13;7-1-3(10)2(8)5(9)11-4(1)6(12)13/h4-6H,1-3H3,(H,21,22);1H,2H2,(H,12,13);(H2,10,11)(H,12,13). The number of hydrogen-bond acceptors (Lipinski definition) is 15. The quantitative estimate of drug-likeness (QED) is 0.114. The molecule has 0 saturated heterocycles. The van der Waals surface area contributed by atoms with Gasteiger partial charge in [0.1, 0.15) is 10.0 Å². The zero-order valence-corrected chi connectivity index (χ0v) is 33.0. The number of hydrogen-bond donors (Lipinski definition) is 4. The number of alkyl halides is 3. The zero-order valence-electron chi connectivity index (χ0n) is 27.7. The maximum absolute atomic E-state index is 13.3. The highest BCUT2D eigenvalue weighted by molar-refractivity contribution is 7.92. The summed E-state index contributed by atoms with van der Waals surface area (Å²) < 4.78 is 87.8. The van der Waals surface area contributed by atoms with Crippen LogP contribution in [0, 0.1) is 0 Å². The Labute approximate surface area is 341 Å². The van der Waals surface area contributed by atoms with E-state index in [9.17, 15) is 31.2 Å². The normalized spacial score (nSPS) is 11.1. The molecule has 0 aromatic carbocycles. The smallest absolute Gasteiger partial charge is 0.418 e. The molecule has 0 spiro atoms. The lowest BCUT2D eigenvalue weighted by molar-refractivity contribution is -0.140. The number of rotatable bonds is 10. The number of nitrogens with two attached hydrogens (primary N) is 1. The number of nitrogens with one attached hydrogen (secondary N) is 1. The van der Waals surface area contributed by atoms with Gasteiger partial charge in [-0.25, -0.2) is 32.7 Å². The second-order valence-corrected chi connectivity index (χ2v) is 13.5. The monoisotopic (exact) mass is 929 g/mol. The third-order valence-corrected chi connectivity index (χ3v) is 9.46. The van der Waals surface area contributed by atoms with Crippen LogP contribution in [0.4, 0.5) is 24.8 Å².